The van der Waals surface area contributed by atoms with Crippen LogP contribution in [0.5, 0.6) is 0 Å². The normalized spacial score (nSPS) is 12.8. The molecule has 0 amide bonds. The lowest BCUT2D eigenvalue weighted by molar-refractivity contribution is 0.649. The third kappa shape index (κ3) is 3.06. The summed E-state index contributed by atoms with van der Waals surface area (Å²) in [5.41, 5.74) is -0.806. The number of rotatable bonds is 3. The number of H-pyrrole nitrogens is 1. The Bertz CT molecular complexity index is 426. The molecule has 14 heavy (non-hydrogen) atoms. The SMILES string of the molecule is O=c1[nH]c(=O)n(C[C@@H](Br)CBr)cc1Br. The van der Waals surface area contributed by atoms with Gasteiger partial charge in [0.05, 0.1) is 4.47 Å². The van der Waals surface area contributed by atoms with E-state index in [0.29, 0.717) is 11.0 Å². The van der Waals surface area contributed by atoms with Gasteiger partial charge in [-0.3, -0.25) is 14.3 Å². The van der Waals surface area contributed by atoms with E-state index >= 15 is 0 Å². The molecule has 1 N–H and O–H groups in total. The third-order valence-electron chi connectivity index (χ3n) is 1.53. The summed E-state index contributed by atoms with van der Waals surface area (Å²) in [5.74, 6) is 0. The fourth-order valence-corrected chi connectivity index (χ4v) is 1.74. The highest BCUT2D eigenvalue weighted by molar-refractivity contribution is 9.12. The van der Waals surface area contributed by atoms with E-state index in [1.54, 1.807) is 0 Å². The molecule has 0 saturated heterocycles. The maximum Gasteiger partial charge on any atom is 0.328 e. The molecule has 78 valence electrons. The molecule has 0 saturated carbocycles. The van der Waals surface area contributed by atoms with E-state index in [2.05, 4.69) is 52.8 Å². The van der Waals surface area contributed by atoms with Crippen LogP contribution in [-0.4, -0.2) is 19.7 Å². The summed E-state index contributed by atoms with van der Waals surface area (Å²) in [7, 11) is 0. The number of nitrogens with zero attached hydrogens (tertiary/aromatic N) is 1. The number of aromatic amines is 1. The Morgan fingerprint density at radius 3 is 2.71 bits per heavy atom. The monoisotopic (exact) mass is 388 g/mol. The van der Waals surface area contributed by atoms with Crippen LogP contribution in [0.3, 0.4) is 0 Å². The van der Waals surface area contributed by atoms with E-state index in [1.165, 1.54) is 10.8 Å². The molecule has 0 radical (unpaired) electrons. The number of aromatic nitrogens is 2. The summed E-state index contributed by atoms with van der Waals surface area (Å²) in [4.78, 5) is 24.7. The summed E-state index contributed by atoms with van der Waals surface area (Å²) in [6, 6.07) is 0. The zero-order chi connectivity index (χ0) is 10.7. The minimum atomic E-state index is -0.406. The van der Waals surface area contributed by atoms with Crippen LogP contribution < -0.4 is 11.2 Å². The Balaban J connectivity index is 3.04. The number of nitrogens with one attached hydrogen (secondary N) is 1. The minimum Gasteiger partial charge on any atom is -0.298 e. The first-order chi connectivity index (χ1) is 6.54. The Kier molecular flexibility index (Phi) is 4.59. The molecular formula is C7H7Br3N2O2. The average Bonchev–Trinajstić information content (AvgIpc) is 2.14. The zero-order valence-electron chi connectivity index (χ0n) is 6.97. The van der Waals surface area contributed by atoms with Gasteiger partial charge in [-0.25, -0.2) is 4.79 Å². The van der Waals surface area contributed by atoms with Crippen LogP contribution in [0.1, 0.15) is 0 Å². The number of hydrogen-bond acceptors (Lipinski definition) is 2. The van der Waals surface area contributed by atoms with Crippen molar-refractivity contribution in [3.8, 4) is 0 Å². The minimum absolute atomic E-state index is 0.151. The summed E-state index contributed by atoms with van der Waals surface area (Å²) < 4.78 is 1.79. The van der Waals surface area contributed by atoms with Gasteiger partial charge < -0.3 is 0 Å². The topological polar surface area (TPSA) is 54.9 Å². The van der Waals surface area contributed by atoms with Gasteiger partial charge in [0, 0.05) is 22.9 Å². The maximum atomic E-state index is 11.3. The van der Waals surface area contributed by atoms with Crippen LogP contribution in [0.15, 0.2) is 20.3 Å². The summed E-state index contributed by atoms with van der Waals surface area (Å²) >= 11 is 9.72. The van der Waals surface area contributed by atoms with E-state index in [-0.39, 0.29) is 4.83 Å². The smallest absolute Gasteiger partial charge is 0.298 e. The van der Waals surface area contributed by atoms with Gasteiger partial charge in [-0.15, -0.1) is 0 Å². The van der Waals surface area contributed by atoms with Gasteiger partial charge in [0.2, 0.25) is 0 Å². The second-order valence-corrected chi connectivity index (χ2v) is 5.44. The molecule has 0 fully saturated rings. The van der Waals surface area contributed by atoms with Crippen molar-refractivity contribution in [1.82, 2.24) is 9.55 Å². The highest BCUT2D eigenvalue weighted by Gasteiger charge is 2.06. The molecule has 0 spiro atoms. The molecule has 1 rings (SSSR count). The van der Waals surface area contributed by atoms with Crippen LogP contribution >= 0.6 is 47.8 Å². The molecule has 1 aromatic rings. The first kappa shape index (κ1) is 12.2. The molecule has 0 aromatic carbocycles. The molecule has 0 unspecified atom stereocenters. The quantitative estimate of drug-likeness (QED) is 0.794. The second kappa shape index (κ2) is 5.27. The highest BCUT2D eigenvalue weighted by Crippen LogP contribution is 2.06. The molecular weight excluding hydrogens is 384 g/mol. The van der Waals surface area contributed by atoms with E-state index in [4.69, 9.17) is 0 Å². The Morgan fingerprint density at radius 1 is 1.50 bits per heavy atom. The standard InChI is InChI=1S/C7H7Br3N2O2/c8-1-4(9)2-12-3-5(10)6(13)11-7(12)14/h3-4H,1-2H2,(H,11,13,14)/t4-/m0/s1. The van der Waals surface area contributed by atoms with Crippen molar-refractivity contribution in [1.29, 1.82) is 0 Å². The van der Waals surface area contributed by atoms with Crippen molar-refractivity contribution in [2.24, 2.45) is 0 Å². The Hall–Kier alpha value is 0.120. The van der Waals surface area contributed by atoms with Crippen molar-refractivity contribution in [2.45, 2.75) is 11.4 Å². The van der Waals surface area contributed by atoms with Gasteiger partial charge in [-0.05, 0) is 15.9 Å². The van der Waals surface area contributed by atoms with Crippen LogP contribution in [0.4, 0.5) is 0 Å². The molecule has 0 aliphatic carbocycles. The second-order valence-electron chi connectivity index (χ2n) is 2.64. The molecule has 1 atom stereocenters. The van der Waals surface area contributed by atoms with Crippen molar-refractivity contribution in [3.63, 3.8) is 0 Å². The van der Waals surface area contributed by atoms with Crippen LogP contribution in [0.25, 0.3) is 0 Å². The van der Waals surface area contributed by atoms with Gasteiger partial charge in [0.25, 0.3) is 5.56 Å². The van der Waals surface area contributed by atoms with Crippen LogP contribution in [-0.2, 0) is 6.54 Å². The molecule has 1 aromatic heterocycles. The largest absolute Gasteiger partial charge is 0.328 e. The van der Waals surface area contributed by atoms with E-state index in [0.717, 1.165) is 5.33 Å². The van der Waals surface area contributed by atoms with Gasteiger partial charge in [-0.2, -0.15) is 0 Å². The van der Waals surface area contributed by atoms with E-state index in [9.17, 15) is 9.59 Å². The van der Waals surface area contributed by atoms with Crippen LogP contribution in [0.2, 0.25) is 0 Å². The Morgan fingerprint density at radius 2 is 2.14 bits per heavy atom. The molecule has 1 heterocycles. The van der Waals surface area contributed by atoms with Gasteiger partial charge in [0.15, 0.2) is 0 Å². The number of hydrogen-bond donors (Lipinski definition) is 1. The van der Waals surface area contributed by atoms with Crippen molar-refractivity contribution in [2.75, 3.05) is 5.33 Å². The molecule has 7 heteroatoms. The summed E-state index contributed by atoms with van der Waals surface area (Å²) in [6.45, 7) is 0.499. The van der Waals surface area contributed by atoms with E-state index in [1.807, 2.05) is 0 Å². The third-order valence-corrected chi connectivity index (χ3v) is 4.36. The van der Waals surface area contributed by atoms with Crippen molar-refractivity contribution in [3.05, 3.63) is 31.5 Å². The molecule has 4 nitrogen and oxygen atoms in total. The van der Waals surface area contributed by atoms with Crippen molar-refractivity contribution < 1.29 is 0 Å². The van der Waals surface area contributed by atoms with Gasteiger partial charge in [0.1, 0.15) is 0 Å². The lowest BCUT2D eigenvalue weighted by atomic mass is 10.4. The predicted octanol–water partition coefficient (Wildman–Crippen LogP) is 1.46. The highest BCUT2D eigenvalue weighted by atomic mass is 79.9. The Labute approximate surface area is 105 Å². The lowest BCUT2D eigenvalue weighted by Crippen LogP contribution is -2.32. The first-order valence-corrected chi connectivity index (χ1v) is 6.57. The molecule has 0 bridgehead atoms. The summed E-state index contributed by atoms with van der Waals surface area (Å²) in [6.07, 6.45) is 1.48. The fourth-order valence-electron chi connectivity index (χ4n) is 0.881. The lowest BCUT2D eigenvalue weighted by Gasteiger charge is -2.08. The fraction of sp³-hybridized carbons (Fsp3) is 0.429. The number of halogens is 3. The number of alkyl halides is 2. The van der Waals surface area contributed by atoms with Gasteiger partial charge >= 0.3 is 5.69 Å². The average molecular weight is 391 g/mol. The maximum absolute atomic E-state index is 11.3. The van der Waals surface area contributed by atoms with Crippen molar-refractivity contribution >= 4 is 47.8 Å². The van der Waals surface area contributed by atoms with Crippen LogP contribution in [0, 0.1) is 0 Å². The first-order valence-electron chi connectivity index (χ1n) is 3.74. The predicted molar refractivity (Wildman–Crippen MR) is 65.5 cm³/mol. The molecule has 0 aliphatic heterocycles. The molecule has 0 aliphatic rings. The summed E-state index contributed by atoms with van der Waals surface area (Å²) in [5, 5.41) is 0.732. The van der Waals surface area contributed by atoms with Gasteiger partial charge in [-0.1, -0.05) is 31.9 Å². The zero-order valence-corrected chi connectivity index (χ0v) is 11.7. The van der Waals surface area contributed by atoms with E-state index < -0.39 is 11.2 Å².